The van der Waals surface area contributed by atoms with Gasteiger partial charge in [-0.25, -0.2) is 0 Å². The summed E-state index contributed by atoms with van der Waals surface area (Å²) in [5.41, 5.74) is 2.72. The molecular weight excluding hydrogens is 218 g/mol. The maximum atomic E-state index is 4.68. The number of allylic oxidation sites excluding steroid dienone is 1. The fraction of sp³-hybridized carbons (Fsp3) is 0.824. The Bertz CT molecular complexity index is 263. The van der Waals surface area contributed by atoms with Crippen LogP contribution in [0.1, 0.15) is 85.0 Å². The lowest BCUT2D eigenvalue weighted by atomic mass is 9.93. The van der Waals surface area contributed by atoms with E-state index in [0.717, 1.165) is 5.92 Å². The molecule has 1 saturated carbocycles. The van der Waals surface area contributed by atoms with Gasteiger partial charge in [0.25, 0.3) is 0 Å². The first-order chi connectivity index (χ1) is 8.72. The van der Waals surface area contributed by atoms with Gasteiger partial charge in [0, 0.05) is 11.9 Å². The van der Waals surface area contributed by atoms with E-state index in [4.69, 9.17) is 0 Å². The monoisotopic (exact) mass is 249 g/mol. The summed E-state index contributed by atoms with van der Waals surface area (Å²) >= 11 is 0. The molecule has 0 saturated heterocycles. The lowest BCUT2D eigenvalue weighted by Gasteiger charge is -2.14. The van der Waals surface area contributed by atoms with Crippen LogP contribution in [0.2, 0.25) is 0 Å². The molecule has 0 N–H and O–H groups in total. The smallest absolute Gasteiger partial charge is 0.0253 e. The molecule has 1 fully saturated rings. The van der Waals surface area contributed by atoms with Crippen LogP contribution in [0, 0.1) is 5.92 Å². The summed E-state index contributed by atoms with van der Waals surface area (Å²) in [5, 5.41) is 0. The maximum Gasteiger partial charge on any atom is 0.0253 e. The van der Waals surface area contributed by atoms with Crippen molar-refractivity contribution in [2.24, 2.45) is 10.9 Å². The molecule has 0 bridgehead atoms. The van der Waals surface area contributed by atoms with Gasteiger partial charge >= 0.3 is 0 Å². The molecule has 0 heterocycles. The maximum absolute atomic E-state index is 4.68. The van der Waals surface area contributed by atoms with Crippen LogP contribution in [0.25, 0.3) is 0 Å². The van der Waals surface area contributed by atoms with Crippen LogP contribution < -0.4 is 0 Å². The molecule has 104 valence electrons. The zero-order valence-electron chi connectivity index (χ0n) is 12.7. The summed E-state index contributed by atoms with van der Waals surface area (Å²) in [7, 11) is 0. The first-order valence-electron chi connectivity index (χ1n) is 7.91. The summed E-state index contributed by atoms with van der Waals surface area (Å²) < 4.78 is 0. The Balaban J connectivity index is 2.40. The molecule has 1 heteroatoms. The molecule has 0 atom stereocenters. The normalized spacial score (nSPS) is 18.5. The molecule has 1 rings (SSSR count). The second-order valence-corrected chi connectivity index (χ2v) is 6.05. The van der Waals surface area contributed by atoms with Crippen LogP contribution in [-0.2, 0) is 0 Å². The Morgan fingerprint density at radius 3 is 2.28 bits per heavy atom. The Morgan fingerprint density at radius 2 is 1.72 bits per heavy atom. The largest absolute Gasteiger partial charge is 0.266 e. The fourth-order valence-electron chi connectivity index (χ4n) is 2.79. The van der Waals surface area contributed by atoms with Gasteiger partial charge in [-0.15, -0.1) is 0 Å². The number of rotatable bonds is 6. The van der Waals surface area contributed by atoms with E-state index >= 15 is 0 Å². The van der Waals surface area contributed by atoms with Gasteiger partial charge in [-0.1, -0.05) is 57.4 Å². The van der Waals surface area contributed by atoms with E-state index in [1.165, 1.54) is 75.5 Å². The van der Waals surface area contributed by atoms with Crippen molar-refractivity contribution in [1.82, 2.24) is 0 Å². The molecule has 0 aliphatic heterocycles. The van der Waals surface area contributed by atoms with Crippen molar-refractivity contribution in [2.75, 3.05) is 0 Å². The summed E-state index contributed by atoms with van der Waals surface area (Å²) in [6.07, 6.45) is 15.8. The second-order valence-electron chi connectivity index (χ2n) is 6.05. The summed E-state index contributed by atoms with van der Waals surface area (Å²) in [4.78, 5) is 4.68. The van der Waals surface area contributed by atoms with Crippen molar-refractivity contribution in [3.8, 4) is 0 Å². The Kier molecular flexibility index (Phi) is 8.04. The average molecular weight is 249 g/mol. The van der Waals surface area contributed by atoms with E-state index in [-0.39, 0.29) is 0 Å². The Morgan fingerprint density at radius 1 is 1.06 bits per heavy atom. The van der Waals surface area contributed by atoms with E-state index < -0.39 is 0 Å². The molecule has 1 aliphatic carbocycles. The molecule has 0 aromatic heterocycles. The van der Waals surface area contributed by atoms with E-state index in [2.05, 4.69) is 25.8 Å². The summed E-state index contributed by atoms with van der Waals surface area (Å²) in [6.45, 7) is 6.50. The topological polar surface area (TPSA) is 12.4 Å². The zero-order valence-corrected chi connectivity index (χ0v) is 12.7. The van der Waals surface area contributed by atoms with E-state index in [1.54, 1.807) is 0 Å². The third-order valence-corrected chi connectivity index (χ3v) is 3.86. The van der Waals surface area contributed by atoms with E-state index in [0.29, 0.717) is 0 Å². The van der Waals surface area contributed by atoms with Gasteiger partial charge in [0.1, 0.15) is 0 Å². The molecule has 0 radical (unpaired) electrons. The number of hydrogen-bond donors (Lipinski definition) is 0. The van der Waals surface area contributed by atoms with Crippen molar-refractivity contribution < 1.29 is 0 Å². The summed E-state index contributed by atoms with van der Waals surface area (Å²) in [6, 6.07) is 0. The minimum atomic E-state index is 0.973. The molecule has 1 aliphatic rings. The van der Waals surface area contributed by atoms with E-state index in [9.17, 15) is 0 Å². The lowest BCUT2D eigenvalue weighted by molar-refractivity contribution is 0.435. The number of nitrogens with zero attached hydrogens (tertiary/aromatic N) is 1. The minimum absolute atomic E-state index is 0.973. The van der Waals surface area contributed by atoms with Gasteiger partial charge in [0.2, 0.25) is 0 Å². The fourth-order valence-corrected chi connectivity index (χ4v) is 2.79. The lowest BCUT2D eigenvalue weighted by Crippen LogP contribution is -2.04. The summed E-state index contributed by atoms with van der Waals surface area (Å²) in [5.74, 6) is 0.973. The van der Waals surface area contributed by atoms with Crippen molar-refractivity contribution in [3.05, 3.63) is 11.8 Å². The van der Waals surface area contributed by atoms with Crippen molar-refractivity contribution in [3.63, 3.8) is 0 Å². The van der Waals surface area contributed by atoms with Crippen LogP contribution in [0.4, 0.5) is 0 Å². The number of hydrogen-bond acceptors (Lipinski definition) is 1. The van der Waals surface area contributed by atoms with Crippen LogP contribution in [-0.4, -0.2) is 5.71 Å². The predicted molar refractivity (Wildman–Crippen MR) is 82.2 cm³/mol. The first kappa shape index (κ1) is 15.5. The van der Waals surface area contributed by atoms with Gasteiger partial charge < -0.3 is 0 Å². The SMILES string of the molecule is CCCC(CCC1CCCCCC1)=NC=C(C)C. The molecule has 0 aromatic rings. The van der Waals surface area contributed by atoms with Gasteiger partial charge in [-0.3, -0.25) is 4.99 Å². The standard InChI is InChI=1S/C17H31N/c1-4-9-17(18-14-15(2)3)13-12-16-10-7-5-6-8-11-16/h14,16H,4-13H2,1-3H3. The van der Waals surface area contributed by atoms with Gasteiger partial charge in [-0.2, -0.15) is 0 Å². The highest BCUT2D eigenvalue weighted by Crippen LogP contribution is 2.26. The second kappa shape index (κ2) is 9.35. The minimum Gasteiger partial charge on any atom is -0.266 e. The van der Waals surface area contributed by atoms with Gasteiger partial charge in [0.05, 0.1) is 0 Å². The Hall–Kier alpha value is -0.590. The number of aliphatic imine (C=N–C) groups is 1. The zero-order chi connectivity index (χ0) is 13.2. The molecule has 0 spiro atoms. The van der Waals surface area contributed by atoms with Crippen molar-refractivity contribution in [2.45, 2.75) is 85.0 Å². The highest BCUT2D eigenvalue weighted by molar-refractivity contribution is 5.84. The van der Waals surface area contributed by atoms with Gasteiger partial charge in [0.15, 0.2) is 0 Å². The quantitative estimate of drug-likeness (QED) is 0.410. The van der Waals surface area contributed by atoms with Crippen LogP contribution in [0.3, 0.4) is 0 Å². The highest BCUT2D eigenvalue weighted by atomic mass is 14.7. The molecular formula is C17H31N. The highest BCUT2D eigenvalue weighted by Gasteiger charge is 2.12. The van der Waals surface area contributed by atoms with Crippen molar-refractivity contribution in [1.29, 1.82) is 0 Å². The van der Waals surface area contributed by atoms with Crippen LogP contribution in [0.15, 0.2) is 16.8 Å². The first-order valence-corrected chi connectivity index (χ1v) is 7.91. The molecule has 18 heavy (non-hydrogen) atoms. The van der Waals surface area contributed by atoms with Crippen LogP contribution in [0.5, 0.6) is 0 Å². The third kappa shape index (κ3) is 6.98. The Labute approximate surface area is 114 Å². The molecule has 1 nitrogen and oxygen atoms in total. The van der Waals surface area contributed by atoms with Crippen molar-refractivity contribution >= 4 is 5.71 Å². The van der Waals surface area contributed by atoms with Gasteiger partial charge in [-0.05, 0) is 39.0 Å². The van der Waals surface area contributed by atoms with Crippen LogP contribution >= 0.6 is 0 Å². The predicted octanol–water partition coefficient (Wildman–Crippen LogP) is 5.90. The molecule has 0 aromatic carbocycles. The molecule has 0 amide bonds. The average Bonchev–Trinajstić information content (AvgIpc) is 2.61. The molecule has 0 unspecified atom stereocenters. The van der Waals surface area contributed by atoms with E-state index in [1.807, 2.05) is 6.20 Å². The third-order valence-electron chi connectivity index (χ3n) is 3.86.